The first kappa shape index (κ1) is 21.5. The van der Waals surface area contributed by atoms with Crippen molar-refractivity contribution in [2.24, 2.45) is 0 Å². The van der Waals surface area contributed by atoms with Gasteiger partial charge in [-0.05, 0) is 26.0 Å². The Balaban J connectivity index is 1.52. The van der Waals surface area contributed by atoms with Crippen LogP contribution >= 0.6 is 11.8 Å². The number of aliphatic hydroxyl groups excluding tert-OH is 1. The Bertz CT molecular complexity index is 1310. The maximum Gasteiger partial charge on any atom is 0.387 e. The fourth-order valence-electron chi connectivity index (χ4n) is 3.67. The van der Waals surface area contributed by atoms with Crippen LogP contribution in [-0.4, -0.2) is 47.8 Å². The molecule has 4 aromatic rings. The molecule has 172 valence electrons. The molecular formula is C21H21F2N7O2S. The Morgan fingerprint density at radius 3 is 3.00 bits per heavy atom. The molecule has 0 radical (unpaired) electrons. The summed E-state index contributed by atoms with van der Waals surface area (Å²) in [5.41, 5.74) is 2.78. The SMILES string of the molecule is CC1(C)CNc2cc(OC(F)F)c(-c3n[nH]cc3NC(O)c3cnn4cccnc34)cc2S1. The molecule has 1 aliphatic rings. The smallest absolute Gasteiger partial charge is 0.387 e. The number of ether oxygens (including phenoxy) is 1. The molecule has 0 saturated carbocycles. The summed E-state index contributed by atoms with van der Waals surface area (Å²) < 4.78 is 32.7. The molecule has 1 aliphatic heterocycles. The molecular weight excluding hydrogens is 452 g/mol. The number of aromatic amines is 1. The lowest BCUT2D eigenvalue weighted by Crippen LogP contribution is -2.30. The third-order valence-electron chi connectivity index (χ3n) is 5.18. The van der Waals surface area contributed by atoms with E-state index < -0.39 is 12.8 Å². The fourth-order valence-corrected chi connectivity index (χ4v) is 4.83. The van der Waals surface area contributed by atoms with Gasteiger partial charge in [0.15, 0.2) is 11.9 Å². The van der Waals surface area contributed by atoms with Crippen molar-refractivity contribution in [3.63, 3.8) is 0 Å². The third-order valence-corrected chi connectivity index (χ3v) is 6.43. The minimum atomic E-state index is -3.00. The minimum Gasteiger partial charge on any atom is -0.434 e. The highest BCUT2D eigenvalue weighted by Gasteiger charge is 2.29. The van der Waals surface area contributed by atoms with Crippen LogP contribution in [0.3, 0.4) is 0 Å². The number of aliphatic hydroxyl groups is 1. The Morgan fingerprint density at radius 2 is 2.18 bits per heavy atom. The van der Waals surface area contributed by atoms with Gasteiger partial charge in [0.25, 0.3) is 0 Å². The number of hydrogen-bond donors (Lipinski definition) is 4. The van der Waals surface area contributed by atoms with Gasteiger partial charge in [-0.3, -0.25) is 5.10 Å². The fraction of sp³-hybridized carbons (Fsp3) is 0.286. The van der Waals surface area contributed by atoms with E-state index in [-0.39, 0.29) is 10.5 Å². The maximum atomic E-state index is 13.2. The summed E-state index contributed by atoms with van der Waals surface area (Å²) >= 11 is 1.64. The molecule has 1 aromatic carbocycles. The van der Waals surface area contributed by atoms with Gasteiger partial charge in [0.05, 0.1) is 23.1 Å². The molecule has 5 rings (SSSR count). The number of H-pyrrole nitrogens is 1. The zero-order valence-electron chi connectivity index (χ0n) is 17.7. The Hall–Kier alpha value is -3.38. The van der Waals surface area contributed by atoms with E-state index in [1.807, 2.05) is 0 Å². The summed E-state index contributed by atoms with van der Waals surface area (Å²) in [6.45, 7) is 1.88. The highest BCUT2D eigenvalue weighted by Crippen LogP contribution is 2.47. The lowest BCUT2D eigenvalue weighted by atomic mass is 10.1. The second-order valence-electron chi connectivity index (χ2n) is 8.12. The number of fused-ring (bicyclic) bond motifs is 2. The highest BCUT2D eigenvalue weighted by molar-refractivity contribution is 8.00. The largest absolute Gasteiger partial charge is 0.434 e. The molecule has 4 N–H and O–H groups in total. The van der Waals surface area contributed by atoms with Crippen LogP contribution in [0.1, 0.15) is 25.6 Å². The van der Waals surface area contributed by atoms with Crippen LogP contribution in [0.15, 0.2) is 47.9 Å². The van der Waals surface area contributed by atoms with Gasteiger partial charge < -0.3 is 20.5 Å². The van der Waals surface area contributed by atoms with Crippen LogP contribution in [0.4, 0.5) is 20.2 Å². The molecule has 0 saturated heterocycles. The van der Waals surface area contributed by atoms with Crippen molar-refractivity contribution in [3.05, 3.63) is 48.5 Å². The summed E-state index contributed by atoms with van der Waals surface area (Å²) in [5, 5.41) is 28.2. The van der Waals surface area contributed by atoms with Crippen LogP contribution in [0, 0.1) is 0 Å². The predicted octanol–water partition coefficient (Wildman–Crippen LogP) is 4.12. The second kappa shape index (κ2) is 8.19. The van der Waals surface area contributed by atoms with Crippen molar-refractivity contribution in [1.82, 2.24) is 24.8 Å². The van der Waals surface area contributed by atoms with Crippen LogP contribution in [0.5, 0.6) is 5.75 Å². The monoisotopic (exact) mass is 473 g/mol. The Labute approximate surface area is 191 Å². The Kier molecular flexibility index (Phi) is 5.33. The first-order valence-electron chi connectivity index (χ1n) is 10.1. The molecule has 1 atom stereocenters. The van der Waals surface area contributed by atoms with Gasteiger partial charge in [-0.25, -0.2) is 9.50 Å². The molecule has 0 spiro atoms. The van der Waals surface area contributed by atoms with Gasteiger partial charge in [0, 0.05) is 46.4 Å². The first-order chi connectivity index (χ1) is 15.8. The highest BCUT2D eigenvalue weighted by atomic mass is 32.2. The number of nitrogens with zero attached hydrogens (tertiary/aromatic N) is 4. The molecule has 33 heavy (non-hydrogen) atoms. The molecule has 0 bridgehead atoms. The quantitative estimate of drug-likeness (QED) is 0.310. The van der Waals surface area contributed by atoms with Crippen LogP contribution in [0.2, 0.25) is 0 Å². The molecule has 9 nitrogen and oxygen atoms in total. The standard InChI is InChI=1S/C21H21F2N7O2S/c1-21(2)10-25-13-7-15(32-20(22)23)11(6-16(13)33-21)17-14(9-26-29-17)28-19(31)12-8-27-30-5-3-4-24-18(12)30/h3-9,19-20,25,28,31H,10H2,1-2H3,(H,26,29). The van der Waals surface area contributed by atoms with Gasteiger partial charge in [-0.2, -0.15) is 19.0 Å². The van der Waals surface area contributed by atoms with Crippen molar-refractivity contribution in [1.29, 1.82) is 0 Å². The van der Waals surface area contributed by atoms with E-state index in [9.17, 15) is 13.9 Å². The predicted molar refractivity (Wildman–Crippen MR) is 121 cm³/mol. The number of alkyl halides is 2. The number of halogens is 2. The average molecular weight is 474 g/mol. The zero-order chi connectivity index (χ0) is 23.2. The number of thioether (sulfide) groups is 1. The summed E-state index contributed by atoms with van der Waals surface area (Å²) in [7, 11) is 0. The summed E-state index contributed by atoms with van der Waals surface area (Å²) in [4.78, 5) is 5.14. The average Bonchev–Trinajstić information content (AvgIpc) is 3.39. The zero-order valence-corrected chi connectivity index (χ0v) is 18.5. The third kappa shape index (κ3) is 4.18. The van der Waals surface area contributed by atoms with Crippen LogP contribution < -0.4 is 15.4 Å². The van der Waals surface area contributed by atoms with Crippen LogP contribution in [0.25, 0.3) is 16.9 Å². The molecule has 0 amide bonds. The van der Waals surface area contributed by atoms with E-state index in [2.05, 4.69) is 44.8 Å². The Morgan fingerprint density at radius 1 is 1.33 bits per heavy atom. The van der Waals surface area contributed by atoms with Gasteiger partial charge in [0.1, 0.15) is 11.4 Å². The number of hydrogen-bond acceptors (Lipinski definition) is 8. The summed E-state index contributed by atoms with van der Waals surface area (Å²) in [6, 6.07) is 5.06. The normalized spacial score (nSPS) is 15.8. The molecule has 0 fully saturated rings. The van der Waals surface area contributed by atoms with E-state index in [1.54, 1.807) is 53.1 Å². The van der Waals surface area contributed by atoms with E-state index in [4.69, 9.17) is 4.74 Å². The van der Waals surface area contributed by atoms with Gasteiger partial charge >= 0.3 is 6.61 Å². The number of anilines is 2. The second-order valence-corrected chi connectivity index (χ2v) is 9.87. The molecule has 4 heterocycles. The minimum absolute atomic E-state index is 0.0150. The van der Waals surface area contributed by atoms with Crippen molar-refractivity contribution < 1.29 is 18.6 Å². The van der Waals surface area contributed by atoms with Gasteiger partial charge in [0.2, 0.25) is 0 Å². The van der Waals surface area contributed by atoms with Gasteiger partial charge in [-0.1, -0.05) is 0 Å². The number of benzene rings is 1. The van der Waals surface area contributed by atoms with Gasteiger partial charge in [-0.15, -0.1) is 11.8 Å². The maximum absolute atomic E-state index is 13.2. The lowest BCUT2D eigenvalue weighted by Gasteiger charge is -2.32. The molecule has 3 aromatic heterocycles. The molecule has 0 aliphatic carbocycles. The topological polar surface area (TPSA) is 112 Å². The molecule has 1 unspecified atom stereocenters. The van der Waals surface area contributed by atoms with E-state index in [0.29, 0.717) is 34.7 Å². The van der Waals surface area contributed by atoms with Crippen molar-refractivity contribution >= 4 is 28.8 Å². The van der Waals surface area contributed by atoms with Crippen molar-refractivity contribution in [2.45, 2.75) is 36.3 Å². The molecule has 12 heteroatoms. The van der Waals surface area contributed by atoms with E-state index in [1.165, 1.54) is 6.20 Å². The van der Waals surface area contributed by atoms with E-state index in [0.717, 1.165) is 10.6 Å². The lowest BCUT2D eigenvalue weighted by molar-refractivity contribution is -0.0494. The van der Waals surface area contributed by atoms with Crippen molar-refractivity contribution in [2.75, 3.05) is 17.2 Å². The van der Waals surface area contributed by atoms with E-state index >= 15 is 0 Å². The first-order valence-corrected chi connectivity index (χ1v) is 11.0. The summed E-state index contributed by atoms with van der Waals surface area (Å²) in [6.07, 6.45) is 5.20. The van der Waals surface area contributed by atoms with Crippen molar-refractivity contribution in [3.8, 4) is 17.0 Å². The number of aromatic nitrogens is 5. The number of nitrogens with one attached hydrogen (secondary N) is 3. The van der Waals surface area contributed by atoms with Crippen LogP contribution in [-0.2, 0) is 0 Å². The number of rotatable bonds is 6. The summed E-state index contributed by atoms with van der Waals surface area (Å²) in [5.74, 6) is -0.0150.